The van der Waals surface area contributed by atoms with Gasteiger partial charge < -0.3 is 10.2 Å². The fourth-order valence-electron chi connectivity index (χ4n) is 2.15. The van der Waals surface area contributed by atoms with Crippen LogP contribution in [0.25, 0.3) is 22.6 Å². The van der Waals surface area contributed by atoms with Gasteiger partial charge in [0.05, 0.1) is 10.2 Å². The van der Waals surface area contributed by atoms with E-state index in [4.69, 9.17) is 10.2 Å². The molecule has 2 N–H and O–H groups in total. The van der Waals surface area contributed by atoms with E-state index >= 15 is 0 Å². The summed E-state index contributed by atoms with van der Waals surface area (Å²) in [5, 5.41) is 0. The molecule has 1 aromatic heterocycles. The topological polar surface area (TPSA) is 52.0 Å². The lowest BCUT2D eigenvalue weighted by molar-refractivity contribution is 0.617. The molecule has 0 atom stereocenters. The van der Waals surface area contributed by atoms with Crippen molar-refractivity contribution in [2.24, 2.45) is 0 Å². The Hall–Kier alpha value is -1.33. The van der Waals surface area contributed by atoms with Crippen LogP contribution in [0.1, 0.15) is 11.1 Å². The molecular weight excluding hydrogens is 384 g/mol. The van der Waals surface area contributed by atoms with Gasteiger partial charge in [-0.05, 0) is 57.8 Å². The van der Waals surface area contributed by atoms with Crippen LogP contribution in [-0.2, 0) is 0 Å². The molecule has 3 nitrogen and oxygen atoms in total. The molecule has 3 aromatic rings. The molecule has 0 aliphatic carbocycles. The van der Waals surface area contributed by atoms with Crippen LogP contribution in [0.5, 0.6) is 0 Å². The van der Waals surface area contributed by atoms with Gasteiger partial charge in [0, 0.05) is 15.6 Å². The number of oxazole rings is 1. The van der Waals surface area contributed by atoms with E-state index in [2.05, 4.69) is 36.8 Å². The number of nitrogens with zero attached hydrogens (tertiary/aromatic N) is 1. The minimum absolute atomic E-state index is 0.602. The van der Waals surface area contributed by atoms with Crippen molar-refractivity contribution in [3.63, 3.8) is 0 Å². The zero-order chi connectivity index (χ0) is 14.4. The monoisotopic (exact) mass is 394 g/mol. The third kappa shape index (κ3) is 2.05. The Morgan fingerprint density at radius 1 is 1.15 bits per heavy atom. The van der Waals surface area contributed by atoms with Crippen molar-refractivity contribution in [2.75, 3.05) is 5.73 Å². The van der Waals surface area contributed by atoms with Crippen molar-refractivity contribution in [1.29, 1.82) is 0 Å². The van der Waals surface area contributed by atoms with E-state index in [1.165, 1.54) is 5.56 Å². The number of rotatable bonds is 1. The van der Waals surface area contributed by atoms with Crippen molar-refractivity contribution >= 4 is 48.6 Å². The molecule has 0 saturated heterocycles. The van der Waals surface area contributed by atoms with E-state index < -0.39 is 0 Å². The van der Waals surface area contributed by atoms with Gasteiger partial charge in [-0.3, -0.25) is 0 Å². The number of aromatic nitrogens is 1. The molecule has 0 amide bonds. The quantitative estimate of drug-likeness (QED) is 0.574. The third-order valence-electron chi connectivity index (χ3n) is 3.24. The van der Waals surface area contributed by atoms with Crippen molar-refractivity contribution in [1.82, 2.24) is 4.98 Å². The average molecular weight is 396 g/mol. The molecule has 0 aliphatic heterocycles. The molecule has 102 valence electrons. The van der Waals surface area contributed by atoms with Gasteiger partial charge in [0.1, 0.15) is 5.52 Å². The summed E-state index contributed by atoms with van der Waals surface area (Å²) < 4.78 is 7.52. The molecule has 2 aromatic carbocycles. The Morgan fingerprint density at radius 3 is 2.60 bits per heavy atom. The summed E-state index contributed by atoms with van der Waals surface area (Å²) in [6, 6.07) is 8.07. The second-order valence-corrected chi connectivity index (χ2v) is 6.32. The van der Waals surface area contributed by atoms with E-state index in [-0.39, 0.29) is 0 Å². The lowest BCUT2D eigenvalue weighted by Gasteiger charge is -2.05. The molecule has 5 heteroatoms. The maximum atomic E-state index is 6.05. The van der Waals surface area contributed by atoms with Gasteiger partial charge in [-0.15, -0.1) is 0 Å². The van der Waals surface area contributed by atoms with E-state index in [0.29, 0.717) is 11.6 Å². The maximum absolute atomic E-state index is 6.05. The molecule has 0 radical (unpaired) electrons. The second-order valence-electron chi connectivity index (χ2n) is 4.73. The molecule has 0 unspecified atom stereocenters. The number of nitrogen functional groups attached to an aromatic ring is 1. The number of aryl methyl sites for hydroxylation is 2. The van der Waals surface area contributed by atoms with Gasteiger partial charge in [0.25, 0.3) is 0 Å². The third-order valence-corrected chi connectivity index (χ3v) is 5.07. The van der Waals surface area contributed by atoms with Crippen molar-refractivity contribution in [2.45, 2.75) is 13.8 Å². The first kappa shape index (κ1) is 13.6. The normalized spacial score (nSPS) is 11.2. The summed E-state index contributed by atoms with van der Waals surface area (Å²) in [6.07, 6.45) is 0. The Balaban J connectivity index is 2.31. The molecule has 20 heavy (non-hydrogen) atoms. The summed E-state index contributed by atoms with van der Waals surface area (Å²) in [5.41, 5.74) is 11.3. The van der Waals surface area contributed by atoms with E-state index in [9.17, 15) is 0 Å². The zero-order valence-corrected chi connectivity index (χ0v) is 14.2. The highest BCUT2D eigenvalue weighted by molar-refractivity contribution is 9.11. The lowest BCUT2D eigenvalue weighted by atomic mass is 10.1. The summed E-state index contributed by atoms with van der Waals surface area (Å²) in [4.78, 5) is 4.57. The van der Waals surface area contributed by atoms with Crippen LogP contribution in [0.3, 0.4) is 0 Å². The summed E-state index contributed by atoms with van der Waals surface area (Å²) >= 11 is 6.97. The highest BCUT2D eigenvalue weighted by Gasteiger charge is 2.18. The number of hydrogen-bond donors (Lipinski definition) is 1. The largest absolute Gasteiger partial charge is 0.436 e. The minimum Gasteiger partial charge on any atom is -0.436 e. The fourth-order valence-corrected chi connectivity index (χ4v) is 3.26. The van der Waals surface area contributed by atoms with Crippen LogP contribution in [-0.4, -0.2) is 4.98 Å². The molecular formula is C15H12Br2N2O. The van der Waals surface area contributed by atoms with Gasteiger partial charge in [0.2, 0.25) is 5.89 Å². The smallest absolute Gasteiger partial charge is 0.227 e. The van der Waals surface area contributed by atoms with Gasteiger partial charge in [-0.1, -0.05) is 17.7 Å². The second kappa shape index (κ2) is 4.90. The van der Waals surface area contributed by atoms with E-state index in [1.807, 2.05) is 38.1 Å². The van der Waals surface area contributed by atoms with Crippen molar-refractivity contribution in [3.05, 3.63) is 44.3 Å². The van der Waals surface area contributed by atoms with Gasteiger partial charge in [0.15, 0.2) is 5.58 Å². The van der Waals surface area contributed by atoms with Crippen LogP contribution in [0.4, 0.5) is 5.69 Å². The maximum Gasteiger partial charge on any atom is 0.227 e. The predicted molar refractivity (Wildman–Crippen MR) is 88.7 cm³/mol. The molecule has 0 spiro atoms. The number of nitrogens with two attached hydrogens (primary N) is 1. The fraction of sp³-hybridized carbons (Fsp3) is 0.133. The Kier molecular flexibility index (Phi) is 3.34. The Labute approximate surface area is 133 Å². The van der Waals surface area contributed by atoms with Crippen LogP contribution in [0.15, 0.2) is 37.6 Å². The average Bonchev–Trinajstić information content (AvgIpc) is 2.88. The summed E-state index contributed by atoms with van der Waals surface area (Å²) in [7, 11) is 0. The van der Waals surface area contributed by atoms with Crippen LogP contribution in [0, 0.1) is 13.8 Å². The minimum atomic E-state index is 0.602. The van der Waals surface area contributed by atoms with Gasteiger partial charge in [-0.2, -0.15) is 0 Å². The van der Waals surface area contributed by atoms with Gasteiger partial charge >= 0.3 is 0 Å². The Morgan fingerprint density at radius 2 is 1.90 bits per heavy atom. The van der Waals surface area contributed by atoms with E-state index in [1.54, 1.807) is 0 Å². The highest BCUT2D eigenvalue weighted by Crippen LogP contribution is 2.40. The van der Waals surface area contributed by atoms with Crippen molar-refractivity contribution in [3.8, 4) is 11.5 Å². The number of anilines is 1. The SMILES string of the molecule is Cc1cccc(-c2nc3c(Br)c(N)c(Br)c(C)c3o2)c1. The standard InChI is InChI=1S/C15H12Br2N2O/c1-7-4-3-5-9(6-7)15-19-13-11(17)12(18)10(16)8(2)14(13)20-15/h3-6H,18H2,1-2H3. The van der Waals surface area contributed by atoms with Crippen LogP contribution in [0.2, 0.25) is 0 Å². The molecule has 0 fully saturated rings. The number of hydrogen-bond acceptors (Lipinski definition) is 3. The molecule has 0 bridgehead atoms. The first-order valence-corrected chi connectivity index (χ1v) is 7.68. The highest BCUT2D eigenvalue weighted by atomic mass is 79.9. The molecule has 1 heterocycles. The van der Waals surface area contributed by atoms with Crippen LogP contribution < -0.4 is 5.73 Å². The number of fused-ring (bicyclic) bond motifs is 1. The first-order chi connectivity index (χ1) is 9.49. The Bertz CT molecular complexity index is 779. The molecule has 3 rings (SSSR count). The first-order valence-electron chi connectivity index (χ1n) is 6.09. The molecule has 0 aliphatic rings. The summed E-state index contributed by atoms with van der Waals surface area (Å²) in [6.45, 7) is 4.00. The molecule has 0 saturated carbocycles. The van der Waals surface area contributed by atoms with Gasteiger partial charge in [-0.25, -0.2) is 4.98 Å². The predicted octanol–water partition coefficient (Wildman–Crippen LogP) is 5.22. The number of halogens is 2. The zero-order valence-electron chi connectivity index (χ0n) is 11.0. The van der Waals surface area contributed by atoms with Crippen molar-refractivity contribution < 1.29 is 4.42 Å². The van der Waals surface area contributed by atoms with Crippen LogP contribution >= 0.6 is 31.9 Å². The summed E-state index contributed by atoms with van der Waals surface area (Å²) in [5.74, 6) is 0.602. The van der Waals surface area contributed by atoms with E-state index in [0.717, 1.165) is 31.2 Å². The lowest BCUT2D eigenvalue weighted by Crippen LogP contribution is -1.92. The number of benzene rings is 2.